The van der Waals surface area contributed by atoms with Crippen LogP contribution in [0.5, 0.6) is 0 Å². The summed E-state index contributed by atoms with van der Waals surface area (Å²) < 4.78 is 43.7. The molecule has 26 heavy (non-hydrogen) atoms. The molecule has 0 atom stereocenters. The highest BCUT2D eigenvalue weighted by molar-refractivity contribution is 5.96. The van der Waals surface area contributed by atoms with Crippen LogP contribution in [0.1, 0.15) is 30.9 Å². The van der Waals surface area contributed by atoms with Crippen molar-refractivity contribution in [2.75, 3.05) is 19.8 Å². The zero-order valence-corrected chi connectivity index (χ0v) is 14.3. The summed E-state index contributed by atoms with van der Waals surface area (Å²) in [5.74, 6) is -1.68. The first kappa shape index (κ1) is 20.0. The van der Waals surface area contributed by atoms with Crippen LogP contribution in [0.2, 0.25) is 0 Å². The van der Waals surface area contributed by atoms with Gasteiger partial charge in [-0.3, -0.25) is 9.59 Å². The Morgan fingerprint density at radius 2 is 1.96 bits per heavy atom. The highest BCUT2D eigenvalue weighted by Gasteiger charge is 2.30. The fourth-order valence-corrected chi connectivity index (χ4v) is 2.82. The average molecular weight is 371 g/mol. The molecular weight excluding hydrogens is 351 g/mol. The van der Waals surface area contributed by atoms with Crippen molar-refractivity contribution >= 4 is 17.4 Å². The van der Waals surface area contributed by atoms with Gasteiger partial charge < -0.3 is 14.7 Å². The van der Waals surface area contributed by atoms with E-state index in [0.29, 0.717) is 31.6 Å². The molecule has 0 unspecified atom stereocenters. The number of carbonyl (C=O) groups excluding carboxylic acids is 1. The molecule has 1 heterocycles. The van der Waals surface area contributed by atoms with Gasteiger partial charge >= 0.3 is 12.1 Å². The Hall–Kier alpha value is -2.35. The number of hydrogen-bond donors (Lipinski definition) is 1. The highest BCUT2D eigenvalue weighted by Crippen LogP contribution is 2.31. The van der Waals surface area contributed by atoms with Crippen LogP contribution in [-0.2, 0) is 20.5 Å². The van der Waals surface area contributed by atoms with E-state index in [4.69, 9.17) is 9.84 Å². The predicted molar refractivity (Wildman–Crippen MR) is 88.3 cm³/mol. The Kier molecular flexibility index (Phi) is 6.42. The maximum absolute atomic E-state index is 12.8. The molecule has 1 aromatic rings. The molecule has 1 aliphatic rings. The van der Waals surface area contributed by atoms with E-state index in [1.54, 1.807) is 0 Å². The third kappa shape index (κ3) is 5.32. The average Bonchev–Trinajstić information content (AvgIpc) is 2.59. The van der Waals surface area contributed by atoms with E-state index in [9.17, 15) is 22.8 Å². The van der Waals surface area contributed by atoms with Gasteiger partial charge in [0.25, 0.3) is 0 Å². The van der Waals surface area contributed by atoms with Gasteiger partial charge in [-0.25, -0.2) is 0 Å². The van der Waals surface area contributed by atoms with E-state index in [0.717, 1.165) is 12.1 Å². The number of alkyl halides is 3. The number of benzene rings is 1. The molecular formula is C18H20F3NO4. The lowest BCUT2D eigenvalue weighted by atomic mass is 10.0. The van der Waals surface area contributed by atoms with Gasteiger partial charge in [0.05, 0.1) is 5.56 Å². The molecule has 142 valence electrons. The molecule has 8 heteroatoms. The van der Waals surface area contributed by atoms with Gasteiger partial charge in [0.15, 0.2) is 0 Å². The molecule has 1 aliphatic heterocycles. The number of carboxylic acid groups (broad SMARTS) is 1. The molecule has 1 saturated heterocycles. The smallest absolute Gasteiger partial charge is 0.416 e. The van der Waals surface area contributed by atoms with Crippen LogP contribution < -0.4 is 0 Å². The van der Waals surface area contributed by atoms with Gasteiger partial charge in [0.1, 0.15) is 6.54 Å². The minimum atomic E-state index is -4.47. The van der Waals surface area contributed by atoms with Crippen molar-refractivity contribution in [1.82, 2.24) is 4.90 Å². The lowest BCUT2D eigenvalue weighted by molar-refractivity contribution is -0.145. The molecule has 2 rings (SSSR count). The number of aliphatic carboxylic acids is 1. The van der Waals surface area contributed by atoms with Crippen LogP contribution in [0.4, 0.5) is 13.2 Å². The molecule has 1 N–H and O–H groups in total. The van der Waals surface area contributed by atoms with Crippen LogP contribution >= 0.6 is 0 Å². The van der Waals surface area contributed by atoms with Gasteiger partial charge in [-0.05, 0) is 43.0 Å². The largest absolute Gasteiger partial charge is 0.480 e. The molecule has 0 aliphatic carbocycles. The number of ether oxygens (including phenoxy) is 1. The van der Waals surface area contributed by atoms with E-state index < -0.39 is 30.2 Å². The Morgan fingerprint density at radius 3 is 2.54 bits per heavy atom. The van der Waals surface area contributed by atoms with Crippen molar-refractivity contribution in [3.05, 3.63) is 41.5 Å². The van der Waals surface area contributed by atoms with E-state index in [1.165, 1.54) is 30.0 Å². The first-order chi connectivity index (χ1) is 12.2. The maximum atomic E-state index is 12.8. The second-order valence-electron chi connectivity index (χ2n) is 6.11. The molecule has 0 radical (unpaired) electrons. The molecule has 0 aromatic heterocycles. The highest BCUT2D eigenvalue weighted by atomic mass is 19.4. The summed E-state index contributed by atoms with van der Waals surface area (Å²) in [6, 6.07) is 4.41. The summed E-state index contributed by atoms with van der Waals surface area (Å²) in [4.78, 5) is 24.9. The second-order valence-corrected chi connectivity index (χ2v) is 6.11. The number of hydrogen-bond acceptors (Lipinski definition) is 3. The summed E-state index contributed by atoms with van der Waals surface area (Å²) in [5, 5.41) is 9.07. The number of halogens is 3. The van der Waals surface area contributed by atoms with Gasteiger partial charge in [-0.15, -0.1) is 0 Å². The van der Waals surface area contributed by atoms with E-state index >= 15 is 0 Å². The fraction of sp³-hybridized carbons (Fsp3) is 0.444. The Labute approximate surface area is 149 Å². The number of carboxylic acids is 1. The van der Waals surface area contributed by atoms with E-state index in [-0.39, 0.29) is 11.6 Å². The van der Waals surface area contributed by atoms with Crippen molar-refractivity contribution in [3.8, 4) is 0 Å². The summed E-state index contributed by atoms with van der Waals surface area (Å²) in [6.45, 7) is 1.93. The van der Waals surface area contributed by atoms with Crippen molar-refractivity contribution < 1.29 is 32.6 Å². The van der Waals surface area contributed by atoms with Crippen LogP contribution in [0.3, 0.4) is 0 Å². The van der Waals surface area contributed by atoms with E-state index in [2.05, 4.69) is 0 Å². The third-order valence-corrected chi connectivity index (χ3v) is 4.21. The third-order valence-electron chi connectivity index (χ3n) is 4.21. The molecule has 0 saturated carbocycles. The normalized spacial score (nSPS) is 16.4. The molecule has 1 amide bonds. The van der Waals surface area contributed by atoms with Crippen LogP contribution in [0.25, 0.3) is 5.57 Å². The second kappa shape index (κ2) is 8.35. The number of carbonyl (C=O) groups is 2. The molecule has 0 spiro atoms. The zero-order chi connectivity index (χ0) is 19.3. The van der Waals surface area contributed by atoms with Crippen molar-refractivity contribution in [1.29, 1.82) is 0 Å². The summed E-state index contributed by atoms with van der Waals surface area (Å²) in [5.41, 5.74) is -0.207. The van der Waals surface area contributed by atoms with Gasteiger partial charge in [-0.1, -0.05) is 12.1 Å². The number of nitrogens with zero attached hydrogens (tertiary/aromatic N) is 1. The van der Waals surface area contributed by atoms with Crippen LogP contribution in [0, 0.1) is 0 Å². The van der Waals surface area contributed by atoms with Crippen LogP contribution in [-0.4, -0.2) is 47.7 Å². The first-order valence-corrected chi connectivity index (χ1v) is 8.14. The Balaban J connectivity index is 2.24. The monoisotopic (exact) mass is 371 g/mol. The quantitative estimate of drug-likeness (QED) is 0.808. The van der Waals surface area contributed by atoms with Crippen molar-refractivity contribution in [2.45, 2.75) is 32.0 Å². The summed E-state index contributed by atoms with van der Waals surface area (Å²) in [7, 11) is 0. The predicted octanol–water partition coefficient (Wildman–Crippen LogP) is 3.20. The fourth-order valence-electron chi connectivity index (χ4n) is 2.82. The minimum Gasteiger partial charge on any atom is -0.480 e. The summed E-state index contributed by atoms with van der Waals surface area (Å²) in [6.07, 6.45) is -2.24. The lowest BCUT2D eigenvalue weighted by Crippen LogP contribution is -2.45. The first-order valence-electron chi connectivity index (χ1n) is 8.14. The number of rotatable bonds is 5. The minimum absolute atomic E-state index is 0.260. The zero-order valence-electron chi connectivity index (χ0n) is 14.3. The topological polar surface area (TPSA) is 66.8 Å². The lowest BCUT2D eigenvalue weighted by Gasteiger charge is -2.32. The SMILES string of the molecule is C/C(=C/C(=O)N(CC(=O)O)C1CCOCC1)c1cccc(C(F)(F)F)c1. The Bertz CT molecular complexity index is 694. The maximum Gasteiger partial charge on any atom is 0.416 e. The van der Waals surface area contributed by atoms with Crippen molar-refractivity contribution in [2.24, 2.45) is 0 Å². The van der Waals surface area contributed by atoms with E-state index in [1.807, 2.05) is 0 Å². The van der Waals surface area contributed by atoms with Gasteiger partial charge in [0.2, 0.25) is 5.91 Å². The molecule has 1 aromatic carbocycles. The molecule has 1 fully saturated rings. The number of amides is 1. The molecule has 0 bridgehead atoms. The van der Waals surface area contributed by atoms with Crippen molar-refractivity contribution in [3.63, 3.8) is 0 Å². The summed E-state index contributed by atoms with van der Waals surface area (Å²) >= 11 is 0. The van der Waals surface area contributed by atoms with Crippen LogP contribution in [0.15, 0.2) is 30.3 Å². The standard InChI is InChI=1S/C18H20F3NO4/c1-12(13-3-2-4-14(10-13)18(19,20)21)9-16(23)22(11-17(24)25)15-5-7-26-8-6-15/h2-4,9-10,15H,5-8,11H2,1H3,(H,24,25)/b12-9-. The van der Waals surface area contributed by atoms with Gasteiger partial charge in [-0.2, -0.15) is 13.2 Å². The Morgan fingerprint density at radius 1 is 1.31 bits per heavy atom. The number of allylic oxidation sites excluding steroid dienone is 1. The molecule has 5 nitrogen and oxygen atoms in total. The van der Waals surface area contributed by atoms with Gasteiger partial charge in [0, 0.05) is 25.3 Å².